The minimum absolute atomic E-state index is 0.207. The Bertz CT molecular complexity index is 559. The summed E-state index contributed by atoms with van der Waals surface area (Å²) in [5.41, 5.74) is 2.80. The molecule has 2 aromatic rings. The first kappa shape index (κ1) is 12.2. The summed E-state index contributed by atoms with van der Waals surface area (Å²) in [6.45, 7) is 0.735. The van der Waals surface area contributed by atoms with Crippen LogP contribution in [0.3, 0.4) is 0 Å². The Morgan fingerprint density at radius 2 is 1.94 bits per heavy atom. The van der Waals surface area contributed by atoms with Gasteiger partial charge in [-0.3, -0.25) is 0 Å². The Labute approximate surface area is 99.5 Å². The van der Waals surface area contributed by atoms with E-state index in [0.717, 1.165) is 6.92 Å². The normalized spacial score (nSPS) is 16.1. The van der Waals surface area contributed by atoms with E-state index in [1.165, 1.54) is 23.5 Å². The maximum Gasteiger partial charge on any atom is 0.421 e. The molecule has 2 rings (SSSR count). The molecule has 1 aromatic heterocycles. The number of nitrogens with two attached hydrogens (primary N) is 1. The van der Waals surface area contributed by atoms with Gasteiger partial charge in [-0.1, -0.05) is 12.1 Å². The summed E-state index contributed by atoms with van der Waals surface area (Å²) in [7, 11) is 0. The van der Waals surface area contributed by atoms with Crippen LogP contribution < -0.4 is 5.73 Å². The Kier molecular flexibility index (Phi) is 2.59. The SMILES string of the molecule is CC(O)(c1cccc2scc(N)c12)C(F)(F)F. The first-order valence-electron chi connectivity index (χ1n) is 4.80. The van der Waals surface area contributed by atoms with Gasteiger partial charge < -0.3 is 10.8 Å². The Balaban J connectivity index is 2.75. The Morgan fingerprint density at radius 3 is 2.53 bits per heavy atom. The van der Waals surface area contributed by atoms with E-state index < -0.39 is 11.8 Å². The molecule has 1 unspecified atom stereocenters. The van der Waals surface area contributed by atoms with Crippen molar-refractivity contribution >= 4 is 27.1 Å². The summed E-state index contributed by atoms with van der Waals surface area (Å²) >= 11 is 1.25. The molecule has 0 aliphatic rings. The molecule has 2 nitrogen and oxygen atoms in total. The summed E-state index contributed by atoms with van der Waals surface area (Å²) in [4.78, 5) is 0. The van der Waals surface area contributed by atoms with Crippen LogP contribution >= 0.6 is 11.3 Å². The summed E-state index contributed by atoms with van der Waals surface area (Å²) in [6, 6.07) is 4.40. The molecule has 0 saturated heterocycles. The number of nitrogen functional groups attached to an aromatic ring is 1. The number of benzene rings is 1. The third-order valence-corrected chi connectivity index (χ3v) is 3.67. The van der Waals surface area contributed by atoms with E-state index in [4.69, 9.17) is 5.73 Å². The third-order valence-electron chi connectivity index (χ3n) is 2.70. The summed E-state index contributed by atoms with van der Waals surface area (Å²) < 4.78 is 39.0. The van der Waals surface area contributed by atoms with Crippen molar-refractivity contribution in [3.8, 4) is 0 Å². The lowest BCUT2D eigenvalue weighted by atomic mass is 9.92. The molecule has 6 heteroatoms. The molecule has 92 valence electrons. The zero-order chi connectivity index (χ0) is 12.8. The highest BCUT2D eigenvalue weighted by atomic mass is 32.1. The second kappa shape index (κ2) is 3.61. The third kappa shape index (κ3) is 1.77. The molecular weight excluding hydrogens is 251 g/mol. The topological polar surface area (TPSA) is 46.2 Å². The minimum atomic E-state index is -4.74. The van der Waals surface area contributed by atoms with Crippen LogP contribution in [-0.4, -0.2) is 11.3 Å². The average Bonchev–Trinajstić information content (AvgIpc) is 2.59. The molecule has 0 aliphatic heterocycles. The van der Waals surface area contributed by atoms with Crippen molar-refractivity contribution < 1.29 is 18.3 Å². The summed E-state index contributed by atoms with van der Waals surface area (Å²) in [6.07, 6.45) is -4.74. The van der Waals surface area contributed by atoms with Gasteiger partial charge in [0.2, 0.25) is 0 Å². The van der Waals surface area contributed by atoms with Crippen molar-refractivity contribution in [2.45, 2.75) is 18.7 Å². The van der Waals surface area contributed by atoms with Gasteiger partial charge in [-0.2, -0.15) is 13.2 Å². The smallest absolute Gasteiger partial charge is 0.398 e. The molecule has 3 N–H and O–H groups in total. The number of fused-ring (bicyclic) bond motifs is 1. The number of anilines is 1. The van der Waals surface area contributed by atoms with E-state index >= 15 is 0 Å². The van der Waals surface area contributed by atoms with Crippen LogP contribution in [0.1, 0.15) is 12.5 Å². The predicted octanol–water partition coefficient (Wildman–Crippen LogP) is 3.25. The molecule has 0 radical (unpaired) electrons. The monoisotopic (exact) mass is 261 g/mol. The maximum absolute atomic E-state index is 12.8. The number of alkyl halides is 3. The fourth-order valence-electron chi connectivity index (χ4n) is 1.67. The molecule has 0 saturated carbocycles. The standard InChI is InChI=1S/C11H10F3NOS/c1-10(16,11(12,13)14)6-3-2-4-8-9(6)7(15)5-17-8/h2-5,16H,15H2,1H3. The molecule has 1 heterocycles. The number of hydrogen-bond donors (Lipinski definition) is 2. The highest BCUT2D eigenvalue weighted by Crippen LogP contribution is 2.43. The van der Waals surface area contributed by atoms with Crippen LogP contribution in [0, 0.1) is 0 Å². The van der Waals surface area contributed by atoms with Gasteiger partial charge in [0.05, 0.1) is 5.69 Å². The fourth-order valence-corrected chi connectivity index (χ4v) is 2.55. The summed E-state index contributed by atoms with van der Waals surface area (Å²) in [5, 5.41) is 11.5. The van der Waals surface area contributed by atoms with E-state index in [-0.39, 0.29) is 16.6 Å². The van der Waals surface area contributed by atoms with Gasteiger partial charge in [-0.05, 0) is 13.0 Å². The van der Waals surface area contributed by atoms with Crippen molar-refractivity contribution in [2.75, 3.05) is 5.73 Å². The van der Waals surface area contributed by atoms with Gasteiger partial charge in [0.15, 0.2) is 5.60 Å². The van der Waals surface area contributed by atoms with Crippen LogP contribution in [0.4, 0.5) is 18.9 Å². The molecule has 0 spiro atoms. The van der Waals surface area contributed by atoms with E-state index in [9.17, 15) is 18.3 Å². The van der Waals surface area contributed by atoms with Gasteiger partial charge in [-0.25, -0.2) is 0 Å². The van der Waals surface area contributed by atoms with Gasteiger partial charge in [0.25, 0.3) is 0 Å². The van der Waals surface area contributed by atoms with Crippen LogP contribution in [0.25, 0.3) is 10.1 Å². The first-order valence-corrected chi connectivity index (χ1v) is 5.68. The fraction of sp³-hybridized carbons (Fsp3) is 0.273. The second-order valence-corrected chi connectivity index (χ2v) is 4.85. The van der Waals surface area contributed by atoms with E-state index in [2.05, 4.69) is 0 Å². The molecule has 0 aliphatic carbocycles. The number of halogens is 3. The lowest BCUT2D eigenvalue weighted by molar-refractivity contribution is -0.258. The number of rotatable bonds is 1. The molecule has 1 atom stereocenters. The van der Waals surface area contributed by atoms with Crippen LogP contribution in [0.2, 0.25) is 0 Å². The summed E-state index contributed by atoms with van der Waals surface area (Å²) in [5.74, 6) is 0. The molecule has 0 bridgehead atoms. The van der Waals surface area contributed by atoms with Crippen molar-refractivity contribution in [3.63, 3.8) is 0 Å². The quantitative estimate of drug-likeness (QED) is 0.827. The van der Waals surface area contributed by atoms with Crippen molar-refractivity contribution in [1.29, 1.82) is 0 Å². The van der Waals surface area contributed by atoms with Crippen LogP contribution in [-0.2, 0) is 5.60 Å². The molecular formula is C11H10F3NOS. The molecule has 0 fully saturated rings. The van der Waals surface area contributed by atoms with Gasteiger partial charge in [0, 0.05) is 21.0 Å². The van der Waals surface area contributed by atoms with E-state index in [1.807, 2.05) is 0 Å². The number of thiophene rings is 1. The zero-order valence-corrected chi connectivity index (χ0v) is 9.69. The highest BCUT2D eigenvalue weighted by Gasteiger charge is 2.52. The number of aliphatic hydroxyl groups is 1. The van der Waals surface area contributed by atoms with E-state index in [1.54, 1.807) is 11.4 Å². The highest BCUT2D eigenvalue weighted by molar-refractivity contribution is 7.17. The lowest BCUT2D eigenvalue weighted by Gasteiger charge is -2.27. The van der Waals surface area contributed by atoms with Crippen molar-refractivity contribution in [1.82, 2.24) is 0 Å². The Hall–Kier alpha value is -1.27. The van der Waals surface area contributed by atoms with E-state index in [0.29, 0.717) is 4.70 Å². The van der Waals surface area contributed by atoms with Crippen molar-refractivity contribution in [3.05, 3.63) is 29.1 Å². The Morgan fingerprint density at radius 1 is 1.29 bits per heavy atom. The number of hydrogen-bond acceptors (Lipinski definition) is 3. The second-order valence-electron chi connectivity index (χ2n) is 3.94. The average molecular weight is 261 g/mol. The molecule has 17 heavy (non-hydrogen) atoms. The molecule has 0 amide bonds. The van der Waals surface area contributed by atoms with Gasteiger partial charge in [0.1, 0.15) is 0 Å². The van der Waals surface area contributed by atoms with Crippen LogP contribution in [0.15, 0.2) is 23.6 Å². The minimum Gasteiger partial charge on any atom is -0.398 e. The first-order chi connectivity index (χ1) is 7.75. The van der Waals surface area contributed by atoms with Gasteiger partial charge in [-0.15, -0.1) is 11.3 Å². The largest absolute Gasteiger partial charge is 0.421 e. The zero-order valence-electron chi connectivity index (χ0n) is 8.88. The van der Waals surface area contributed by atoms with Gasteiger partial charge >= 0.3 is 6.18 Å². The van der Waals surface area contributed by atoms with Crippen molar-refractivity contribution in [2.24, 2.45) is 0 Å². The maximum atomic E-state index is 12.8. The molecule has 1 aromatic carbocycles. The van der Waals surface area contributed by atoms with Crippen LogP contribution in [0.5, 0.6) is 0 Å². The predicted molar refractivity (Wildman–Crippen MR) is 61.9 cm³/mol. The lowest BCUT2D eigenvalue weighted by Crippen LogP contribution is -2.39.